The fourth-order valence-corrected chi connectivity index (χ4v) is 2.61. The summed E-state index contributed by atoms with van der Waals surface area (Å²) in [5.41, 5.74) is 6.04. The second-order valence-electron chi connectivity index (χ2n) is 5.10. The lowest BCUT2D eigenvalue weighted by Gasteiger charge is -2.33. The van der Waals surface area contributed by atoms with E-state index in [-0.39, 0.29) is 17.9 Å². The monoisotopic (exact) mass is 226 g/mol. The average molecular weight is 226 g/mol. The highest BCUT2D eigenvalue weighted by molar-refractivity contribution is 5.79. The van der Waals surface area contributed by atoms with Gasteiger partial charge in [0.15, 0.2) is 0 Å². The van der Waals surface area contributed by atoms with Crippen molar-refractivity contribution in [2.24, 2.45) is 17.6 Å². The van der Waals surface area contributed by atoms with Gasteiger partial charge >= 0.3 is 0 Å². The van der Waals surface area contributed by atoms with E-state index in [1.807, 2.05) is 0 Å². The van der Waals surface area contributed by atoms with Crippen LogP contribution in [0.5, 0.6) is 0 Å². The largest absolute Gasteiger partial charge is 0.356 e. The fourth-order valence-electron chi connectivity index (χ4n) is 2.61. The second kappa shape index (κ2) is 6.89. The van der Waals surface area contributed by atoms with Gasteiger partial charge < -0.3 is 11.1 Å². The van der Waals surface area contributed by atoms with Gasteiger partial charge in [0, 0.05) is 12.6 Å². The van der Waals surface area contributed by atoms with Crippen LogP contribution in [0.1, 0.15) is 52.4 Å². The predicted molar refractivity (Wildman–Crippen MR) is 67.0 cm³/mol. The first-order chi connectivity index (χ1) is 7.66. The summed E-state index contributed by atoms with van der Waals surface area (Å²) in [6.45, 7) is 5.12. The van der Waals surface area contributed by atoms with E-state index in [9.17, 15) is 4.79 Å². The van der Waals surface area contributed by atoms with E-state index in [2.05, 4.69) is 19.2 Å². The zero-order valence-electron chi connectivity index (χ0n) is 10.7. The highest BCUT2D eigenvalue weighted by atomic mass is 16.1. The van der Waals surface area contributed by atoms with Gasteiger partial charge in [0.25, 0.3) is 0 Å². The van der Waals surface area contributed by atoms with Gasteiger partial charge in [-0.2, -0.15) is 0 Å². The maximum Gasteiger partial charge on any atom is 0.224 e. The maximum atomic E-state index is 12.0. The second-order valence-corrected chi connectivity index (χ2v) is 5.10. The summed E-state index contributed by atoms with van der Waals surface area (Å²) in [6, 6.07) is 0.0647. The molecule has 1 rings (SSSR count). The number of nitrogens with two attached hydrogens (primary N) is 1. The van der Waals surface area contributed by atoms with Crippen LogP contribution in [0.2, 0.25) is 0 Å². The number of nitrogens with one attached hydrogen (secondary N) is 1. The number of rotatable bonds is 5. The number of amides is 1. The third-order valence-corrected chi connectivity index (χ3v) is 3.65. The number of hydrogen-bond donors (Lipinski definition) is 2. The van der Waals surface area contributed by atoms with Crippen molar-refractivity contribution in [1.29, 1.82) is 0 Å². The van der Waals surface area contributed by atoms with Crippen LogP contribution < -0.4 is 11.1 Å². The molecule has 0 aromatic carbocycles. The molecule has 1 aliphatic rings. The minimum Gasteiger partial charge on any atom is -0.356 e. The molecule has 1 aliphatic carbocycles. The molecule has 94 valence electrons. The molecule has 3 unspecified atom stereocenters. The molecule has 1 saturated carbocycles. The molecule has 1 fully saturated rings. The van der Waals surface area contributed by atoms with Gasteiger partial charge in [0.2, 0.25) is 5.91 Å². The number of carbonyl (C=O) groups is 1. The van der Waals surface area contributed by atoms with E-state index in [0.717, 1.165) is 25.8 Å². The van der Waals surface area contributed by atoms with Crippen molar-refractivity contribution < 1.29 is 4.79 Å². The first-order valence-corrected chi connectivity index (χ1v) is 6.70. The minimum absolute atomic E-state index is 0.0374. The number of carbonyl (C=O) groups excluding carboxylic acids is 1. The van der Waals surface area contributed by atoms with Crippen molar-refractivity contribution in [3.05, 3.63) is 0 Å². The predicted octanol–water partition coefficient (Wildman–Crippen LogP) is 2.06. The fraction of sp³-hybridized carbons (Fsp3) is 0.923. The molecule has 0 spiro atoms. The molecule has 3 nitrogen and oxygen atoms in total. The molecular weight excluding hydrogens is 200 g/mol. The van der Waals surface area contributed by atoms with E-state index >= 15 is 0 Å². The normalized spacial score (nSPS) is 30.1. The Bertz CT molecular complexity index is 208. The van der Waals surface area contributed by atoms with Crippen molar-refractivity contribution in [3.8, 4) is 0 Å². The zero-order valence-corrected chi connectivity index (χ0v) is 10.7. The van der Waals surface area contributed by atoms with Crippen LogP contribution in [0.25, 0.3) is 0 Å². The molecule has 0 aliphatic heterocycles. The molecule has 3 heteroatoms. The molecule has 1 amide bonds. The van der Waals surface area contributed by atoms with Crippen LogP contribution in [0.3, 0.4) is 0 Å². The topological polar surface area (TPSA) is 55.1 Å². The molecular formula is C13H26N2O. The van der Waals surface area contributed by atoms with Crippen molar-refractivity contribution >= 4 is 5.91 Å². The first kappa shape index (κ1) is 13.5. The number of hydrogen-bond acceptors (Lipinski definition) is 2. The molecule has 3 atom stereocenters. The Balaban J connectivity index is 2.33. The summed E-state index contributed by atoms with van der Waals surface area (Å²) < 4.78 is 0. The van der Waals surface area contributed by atoms with Crippen molar-refractivity contribution in [2.45, 2.75) is 58.4 Å². The summed E-state index contributed by atoms with van der Waals surface area (Å²) in [7, 11) is 0. The van der Waals surface area contributed by atoms with Gasteiger partial charge in [-0.3, -0.25) is 4.79 Å². The van der Waals surface area contributed by atoms with Crippen molar-refractivity contribution in [1.82, 2.24) is 5.32 Å². The van der Waals surface area contributed by atoms with Gasteiger partial charge in [-0.15, -0.1) is 0 Å². The molecule has 0 radical (unpaired) electrons. The van der Waals surface area contributed by atoms with Crippen LogP contribution in [-0.2, 0) is 4.79 Å². The Hall–Kier alpha value is -0.570. The van der Waals surface area contributed by atoms with Crippen molar-refractivity contribution in [2.75, 3.05) is 6.54 Å². The van der Waals surface area contributed by atoms with E-state index in [1.165, 1.54) is 19.3 Å². The maximum absolute atomic E-state index is 12.0. The van der Waals surface area contributed by atoms with Gasteiger partial charge in [0.1, 0.15) is 0 Å². The van der Waals surface area contributed by atoms with Gasteiger partial charge in [0.05, 0.1) is 5.92 Å². The van der Waals surface area contributed by atoms with Gasteiger partial charge in [-0.25, -0.2) is 0 Å². The lowest BCUT2D eigenvalue weighted by Crippen LogP contribution is -2.47. The lowest BCUT2D eigenvalue weighted by molar-refractivity contribution is -0.128. The molecule has 0 heterocycles. The summed E-state index contributed by atoms with van der Waals surface area (Å²) in [5, 5.41) is 3.03. The lowest BCUT2D eigenvalue weighted by atomic mass is 9.76. The van der Waals surface area contributed by atoms with Gasteiger partial charge in [-0.1, -0.05) is 33.1 Å². The smallest absolute Gasteiger partial charge is 0.224 e. The van der Waals surface area contributed by atoms with E-state index < -0.39 is 0 Å². The average Bonchev–Trinajstić information content (AvgIpc) is 2.24. The van der Waals surface area contributed by atoms with Crippen LogP contribution in [-0.4, -0.2) is 18.5 Å². The highest BCUT2D eigenvalue weighted by Crippen LogP contribution is 2.28. The third kappa shape index (κ3) is 3.78. The van der Waals surface area contributed by atoms with Crippen molar-refractivity contribution in [3.63, 3.8) is 0 Å². The van der Waals surface area contributed by atoms with E-state index in [4.69, 9.17) is 5.73 Å². The summed E-state index contributed by atoms with van der Waals surface area (Å²) >= 11 is 0. The Labute approximate surface area is 99.2 Å². The molecule has 0 saturated heterocycles. The Morgan fingerprint density at radius 3 is 2.75 bits per heavy atom. The molecule has 3 N–H and O–H groups in total. The molecule has 0 aromatic heterocycles. The third-order valence-electron chi connectivity index (χ3n) is 3.65. The highest BCUT2D eigenvalue weighted by Gasteiger charge is 2.33. The Morgan fingerprint density at radius 1 is 1.38 bits per heavy atom. The molecule has 16 heavy (non-hydrogen) atoms. The van der Waals surface area contributed by atoms with E-state index in [0.29, 0.717) is 5.92 Å². The molecule has 0 aromatic rings. The summed E-state index contributed by atoms with van der Waals surface area (Å²) in [4.78, 5) is 12.0. The SMILES string of the molecule is CCCCCNC(=O)C1C(C)CCCC1N. The van der Waals surface area contributed by atoms with E-state index in [1.54, 1.807) is 0 Å². The molecule has 0 bridgehead atoms. The minimum atomic E-state index is 0.0374. The Morgan fingerprint density at radius 2 is 2.12 bits per heavy atom. The number of unbranched alkanes of at least 4 members (excludes halogenated alkanes) is 2. The van der Waals surface area contributed by atoms with Crippen LogP contribution in [0.4, 0.5) is 0 Å². The zero-order chi connectivity index (χ0) is 12.0. The Kier molecular flexibility index (Phi) is 5.81. The van der Waals surface area contributed by atoms with Crippen LogP contribution in [0.15, 0.2) is 0 Å². The standard InChI is InChI=1S/C13H26N2O/c1-3-4-5-9-15-13(16)12-10(2)7-6-8-11(12)14/h10-12H,3-9,14H2,1-2H3,(H,15,16). The first-order valence-electron chi connectivity index (χ1n) is 6.70. The van der Waals surface area contributed by atoms with Crippen LogP contribution in [0, 0.1) is 11.8 Å². The van der Waals surface area contributed by atoms with Gasteiger partial charge in [-0.05, 0) is 25.2 Å². The summed E-state index contributed by atoms with van der Waals surface area (Å²) in [6.07, 6.45) is 6.76. The quantitative estimate of drug-likeness (QED) is 0.705. The summed E-state index contributed by atoms with van der Waals surface area (Å²) in [5.74, 6) is 0.654. The van der Waals surface area contributed by atoms with Crippen LogP contribution >= 0.6 is 0 Å².